The Morgan fingerprint density at radius 2 is 2.25 bits per heavy atom. The lowest BCUT2D eigenvalue weighted by Gasteiger charge is -2.41. The summed E-state index contributed by atoms with van der Waals surface area (Å²) >= 11 is 0. The summed E-state index contributed by atoms with van der Waals surface area (Å²) in [5.74, 6) is 0.895. The van der Waals surface area contributed by atoms with Crippen molar-refractivity contribution in [1.29, 1.82) is 0 Å². The highest BCUT2D eigenvalue weighted by molar-refractivity contribution is 5.83. The normalized spacial score (nSPS) is 23.3. The van der Waals surface area contributed by atoms with Gasteiger partial charge in [-0.2, -0.15) is 0 Å². The Morgan fingerprint density at radius 1 is 1.50 bits per heavy atom. The molecule has 16 heavy (non-hydrogen) atoms. The molecule has 0 spiro atoms. The van der Waals surface area contributed by atoms with E-state index < -0.39 is 0 Å². The highest BCUT2D eigenvalue weighted by atomic mass is 16.5. The fourth-order valence-electron chi connectivity index (χ4n) is 2.41. The van der Waals surface area contributed by atoms with Crippen LogP contribution in [-0.2, 0) is 9.53 Å². The number of carbonyl (C=O) groups excluding carboxylic acids is 1. The second kappa shape index (κ2) is 5.15. The van der Waals surface area contributed by atoms with Crippen LogP contribution in [0.2, 0.25) is 0 Å². The van der Waals surface area contributed by atoms with Crippen molar-refractivity contribution in [2.24, 2.45) is 11.3 Å². The van der Waals surface area contributed by atoms with Gasteiger partial charge >= 0.3 is 0 Å². The lowest BCUT2D eigenvalue weighted by Crippen LogP contribution is -2.52. The summed E-state index contributed by atoms with van der Waals surface area (Å²) in [4.78, 5) is 12.1. The molecule has 2 fully saturated rings. The molecular weight excluding hydrogens is 204 g/mol. The van der Waals surface area contributed by atoms with Crippen LogP contribution in [0.4, 0.5) is 0 Å². The molecule has 0 unspecified atom stereocenters. The van der Waals surface area contributed by atoms with E-state index in [0.29, 0.717) is 12.5 Å². The van der Waals surface area contributed by atoms with Crippen molar-refractivity contribution in [2.75, 3.05) is 33.4 Å². The molecular formula is C12H22N2O2. The van der Waals surface area contributed by atoms with E-state index in [2.05, 4.69) is 10.6 Å². The first kappa shape index (κ1) is 11.9. The molecule has 1 amide bonds. The fourth-order valence-corrected chi connectivity index (χ4v) is 2.41. The number of ether oxygens (including phenoxy) is 1. The van der Waals surface area contributed by atoms with Gasteiger partial charge in [-0.1, -0.05) is 6.42 Å². The Balaban J connectivity index is 1.75. The number of amides is 1. The number of hydrogen-bond acceptors (Lipinski definition) is 3. The maximum absolute atomic E-state index is 12.1. The number of rotatable bonds is 6. The van der Waals surface area contributed by atoms with E-state index in [9.17, 15) is 4.79 Å². The summed E-state index contributed by atoms with van der Waals surface area (Å²) in [5.41, 5.74) is -0.104. The van der Waals surface area contributed by atoms with Crippen LogP contribution in [-0.4, -0.2) is 39.3 Å². The van der Waals surface area contributed by atoms with Crippen LogP contribution in [0.25, 0.3) is 0 Å². The Morgan fingerprint density at radius 3 is 2.69 bits per heavy atom. The average molecular weight is 226 g/mol. The van der Waals surface area contributed by atoms with Gasteiger partial charge in [-0.25, -0.2) is 0 Å². The van der Waals surface area contributed by atoms with E-state index >= 15 is 0 Å². The van der Waals surface area contributed by atoms with E-state index in [4.69, 9.17) is 4.74 Å². The number of carbonyl (C=O) groups is 1. The number of nitrogens with one attached hydrogen (secondary N) is 2. The van der Waals surface area contributed by atoms with Crippen molar-refractivity contribution in [2.45, 2.75) is 25.7 Å². The van der Waals surface area contributed by atoms with Crippen LogP contribution >= 0.6 is 0 Å². The quantitative estimate of drug-likeness (QED) is 0.694. The van der Waals surface area contributed by atoms with Gasteiger partial charge in [0.2, 0.25) is 5.91 Å². The molecule has 0 atom stereocenters. The zero-order chi connectivity index (χ0) is 11.4. The number of hydrogen-bond donors (Lipinski definition) is 2. The predicted octanol–water partition coefficient (Wildman–Crippen LogP) is 0.529. The van der Waals surface area contributed by atoms with Crippen LogP contribution < -0.4 is 10.6 Å². The van der Waals surface area contributed by atoms with E-state index in [-0.39, 0.29) is 11.3 Å². The summed E-state index contributed by atoms with van der Waals surface area (Å²) in [7, 11) is 1.70. The summed E-state index contributed by atoms with van der Waals surface area (Å²) in [5, 5.41) is 6.32. The predicted molar refractivity (Wildman–Crippen MR) is 62.1 cm³/mol. The molecule has 1 heterocycles. The topological polar surface area (TPSA) is 50.4 Å². The van der Waals surface area contributed by atoms with Crippen LogP contribution in [0.15, 0.2) is 0 Å². The molecule has 4 nitrogen and oxygen atoms in total. The van der Waals surface area contributed by atoms with Gasteiger partial charge in [0, 0.05) is 39.3 Å². The SMILES string of the molecule is COCCC1(C(=O)NCC2CNC2)CCC1. The van der Waals surface area contributed by atoms with Crippen LogP contribution in [0, 0.1) is 11.3 Å². The lowest BCUT2D eigenvalue weighted by molar-refractivity contribution is -0.137. The molecule has 2 rings (SSSR count). The Kier molecular flexibility index (Phi) is 3.82. The van der Waals surface area contributed by atoms with Crippen molar-refractivity contribution >= 4 is 5.91 Å². The van der Waals surface area contributed by atoms with Gasteiger partial charge in [0.15, 0.2) is 0 Å². The summed E-state index contributed by atoms with van der Waals surface area (Å²) in [6.45, 7) is 3.62. The smallest absolute Gasteiger partial charge is 0.226 e. The van der Waals surface area contributed by atoms with Crippen molar-refractivity contribution in [3.63, 3.8) is 0 Å². The van der Waals surface area contributed by atoms with Gasteiger partial charge in [-0.3, -0.25) is 4.79 Å². The second-order valence-corrected chi connectivity index (χ2v) is 5.11. The largest absolute Gasteiger partial charge is 0.385 e. The minimum Gasteiger partial charge on any atom is -0.385 e. The van der Waals surface area contributed by atoms with Gasteiger partial charge in [0.05, 0.1) is 5.41 Å². The Labute approximate surface area is 97.1 Å². The van der Waals surface area contributed by atoms with Gasteiger partial charge in [-0.05, 0) is 19.3 Å². The molecule has 92 valence electrons. The van der Waals surface area contributed by atoms with Gasteiger partial charge < -0.3 is 15.4 Å². The molecule has 0 bridgehead atoms. The summed E-state index contributed by atoms with van der Waals surface area (Å²) in [6, 6.07) is 0. The third-order valence-electron chi connectivity index (χ3n) is 3.99. The molecule has 1 saturated heterocycles. The van der Waals surface area contributed by atoms with Crippen molar-refractivity contribution < 1.29 is 9.53 Å². The fraction of sp³-hybridized carbons (Fsp3) is 0.917. The molecule has 1 aliphatic heterocycles. The van der Waals surface area contributed by atoms with Crippen molar-refractivity contribution in [3.8, 4) is 0 Å². The lowest BCUT2D eigenvalue weighted by atomic mass is 9.66. The number of methoxy groups -OCH3 is 1. The molecule has 1 aliphatic carbocycles. The minimum atomic E-state index is -0.104. The average Bonchev–Trinajstić information content (AvgIpc) is 2.14. The zero-order valence-corrected chi connectivity index (χ0v) is 10.1. The molecule has 2 aliphatic rings. The highest BCUT2D eigenvalue weighted by Crippen LogP contribution is 2.44. The first-order valence-corrected chi connectivity index (χ1v) is 6.25. The maximum atomic E-state index is 12.1. The molecule has 0 aromatic rings. The summed E-state index contributed by atoms with van der Waals surface area (Å²) in [6.07, 6.45) is 4.12. The minimum absolute atomic E-state index is 0.104. The zero-order valence-electron chi connectivity index (χ0n) is 10.1. The molecule has 2 N–H and O–H groups in total. The van der Waals surface area contributed by atoms with Crippen LogP contribution in [0.1, 0.15) is 25.7 Å². The molecule has 4 heteroatoms. The third kappa shape index (κ3) is 2.38. The molecule has 1 saturated carbocycles. The van der Waals surface area contributed by atoms with Crippen molar-refractivity contribution in [3.05, 3.63) is 0 Å². The summed E-state index contributed by atoms with van der Waals surface area (Å²) < 4.78 is 5.09. The molecule has 0 aromatic carbocycles. The monoisotopic (exact) mass is 226 g/mol. The second-order valence-electron chi connectivity index (χ2n) is 5.11. The van der Waals surface area contributed by atoms with Crippen LogP contribution in [0.5, 0.6) is 0 Å². The standard InChI is InChI=1S/C12H22N2O2/c1-16-6-5-12(3-2-4-12)11(15)14-9-10-7-13-8-10/h10,13H,2-9H2,1H3,(H,14,15). The molecule has 0 aromatic heterocycles. The first-order chi connectivity index (χ1) is 7.77. The van der Waals surface area contributed by atoms with E-state index in [1.54, 1.807) is 7.11 Å². The van der Waals surface area contributed by atoms with Gasteiger partial charge in [0.1, 0.15) is 0 Å². The van der Waals surface area contributed by atoms with Crippen molar-refractivity contribution in [1.82, 2.24) is 10.6 Å². The Hall–Kier alpha value is -0.610. The van der Waals surface area contributed by atoms with Gasteiger partial charge in [-0.15, -0.1) is 0 Å². The van der Waals surface area contributed by atoms with E-state index in [1.165, 1.54) is 6.42 Å². The highest BCUT2D eigenvalue weighted by Gasteiger charge is 2.43. The van der Waals surface area contributed by atoms with Gasteiger partial charge in [0.25, 0.3) is 0 Å². The van der Waals surface area contributed by atoms with E-state index in [0.717, 1.165) is 38.9 Å². The third-order valence-corrected chi connectivity index (χ3v) is 3.99. The first-order valence-electron chi connectivity index (χ1n) is 6.25. The Bertz CT molecular complexity index is 247. The van der Waals surface area contributed by atoms with E-state index in [1.807, 2.05) is 0 Å². The van der Waals surface area contributed by atoms with Crippen LogP contribution in [0.3, 0.4) is 0 Å². The maximum Gasteiger partial charge on any atom is 0.226 e. The molecule has 0 radical (unpaired) electrons.